The number of hydrazone groups is 1. The van der Waals surface area contributed by atoms with Crippen LogP contribution in [0.4, 0.5) is 5.69 Å². The van der Waals surface area contributed by atoms with Gasteiger partial charge in [0.1, 0.15) is 5.75 Å². The average Bonchev–Trinajstić information content (AvgIpc) is 2.68. The Morgan fingerprint density at radius 3 is 2.19 bits per heavy atom. The molecule has 2 rings (SSSR count). The number of benzene rings is 2. The van der Waals surface area contributed by atoms with E-state index in [1.165, 1.54) is 31.4 Å². The summed E-state index contributed by atoms with van der Waals surface area (Å²) >= 11 is 0. The van der Waals surface area contributed by atoms with Gasteiger partial charge in [-0.25, -0.2) is 4.83 Å². The molecule has 0 aromatic heterocycles. The summed E-state index contributed by atoms with van der Waals surface area (Å²) in [4.78, 5) is 12.9. The molecule has 0 unspecified atom stereocenters. The number of ether oxygens (including phenoxy) is 3. The van der Waals surface area contributed by atoms with E-state index < -0.39 is 14.9 Å². The number of rotatable bonds is 10. The number of nitrogens with zero attached hydrogens (tertiary/aromatic N) is 2. The lowest BCUT2D eigenvalue weighted by molar-refractivity contribution is -0.386. The molecule has 31 heavy (non-hydrogen) atoms. The van der Waals surface area contributed by atoms with Gasteiger partial charge in [0, 0.05) is 11.6 Å². The summed E-state index contributed by atoms with van der Waals surface area (Å²) < 4.78 is 41.0. The second kappa shape index (κ2) is 10.1. The standard InChI is InChI=1S/C20H25N3O7S/c1-13(2)29-16-6-8-17(9-7-16)31(26,27)22-21-12-15-10-18(23(24)25)20(30-14(3)4)19(11-15)28-5/h6-14,22H,1-5H3/b21-12+. The summed E-state index contributed by atoms with van der Waals surface area (Å²) in [6.45, 7) is 7.19. The SMILES string of the molecule is COc1cc(/C=N/NS(=O)(=O)c2ccc(OC(C)C)cc2)cc([N+](=O)[O-])c1OC(C)C. The van der Waals surface area contributed by atoms with Crippen molar-refractivity contribution in [2.24, 2.45) is 5.10 Å². The van der Waals surface area contributed by atoms with Gasteiger partial charge in [0.05, 0.1) is 35.4 Å². The first kappa shape index (κ1) is 23.9. The van der Waals surface area contributed by atoms with Gasteiger partial charge in [-0.1, -0.05) is 0 Å². The number of methoxy groups -OCH3 is 1. The lowest BCUT2D eigenvalue weighted by Gasteiger charge is -2.14. The summed E-state index contributed by atoms with van der Waals surface area (Å²) in [7, 11) is -2.59. The van der Waals surface area contributed by atoms with E-state index in [4.69, 9.17) is 14.2 Å². The summed E-state index contributed by atoms with van der Waals surface area (Å²) in [5, 5.41) is 15.2. The minimum atomic E-state index is -3.94. The molecule has 0 saturated heterocycles. The molecule has 2 aromatic carbocycles. The normalized spacial score (nSPS) is 11.7. The van der Waals surface area contributed by atoms with Crippen molar-refractivity contribution in [3.05, 3.63) is 52.1 Å². The molecule has 0 heterocycles. The maximum absolute atomic E-state index is 12.4. The highest BCUT2D eigenvalue weighted by Crippen LogP contribution is 2.38. The Hall–Kier alpha value is -3.34. The van der Waals surface area contributed by atoms with Crippen LogP contribution in [-0.2, 0) is 10.0 Å². The molecule has 168 valence electrons. The largest absolute Gasteiger partial charge is 0.493 e. The highest BCUT2D eigenvalue weighted by molar-refractivity contribution is 7.89. The molecule has 0 fully saturated rings. The van der Waals surface area contributed by atoms with E-state index in [0.29, 0.717) is 5.75 Å². The third kappa shape index (κ3) is 6.57. The molecular weight excluding hydrogens is 426 g/mol. The molecule has 0 radical (unpaired) electrons. The zero-order chi connectivity index (χ0) is 23.2. The highest BCUT2D eigenvalue weighted by Gasteiger charge is 2.23. The lowest BCUT2D eigenvalue weighted by atomic mass is 10.2. The van der Waals surface area contributed by atoms with Crippen molar-refractivity contribution in [1.82, 2.24) is 4.83 Å². The third-order valence-electron chi connectivity index (χ3n) is 3.72. The monoisotopic (exact) mass is 451 g/mol. The minimum absolute atomic E-state index is 0.00926. The quantitative estimate of drug-likeness (QED) is 0.332. The van der Waals surface area contributed by atoms with Gasteiger partial charge in [-0.05, 0) is 58.0 Å². The first-order chi connectivity index (χ1) is 14.5. The Balaban J connectivity index is 2.24. The zero-order valence-electron chi connectivity index (χ0n) is 17.9. The van der Waals surface area contributed by atoms with Crippen LogP contribution in [0.1, 0.15) is 33.3 Å². The van der Waals surface area contributed by atoms with Crippen LogP contribution in [0.15, 0.2) is 46.4 Å². The van der Waals surface area contributed by atoms with Gasteiger partial charge in [-0.15, -0.1) is 0 Å². The minimum Gasteiger partial charge on any atom is -0.493 e. The van der Waals surface area contributed by atoms with E-state index >= 15 is 0 Å². The number of hydrogen-bond acceptors (Lipinski definition) is 8. The van der Waals surface area contributed by atoms with Crippen molar-refractivity contribution >= 4 is 21.9 Å². The number of sulfonamides is 1. The molecule has 10 nitrogen and oxygen atoms in total. The van der Waals surface area contributed by atoms with Crippen molar-refractivity contribution < 1.29 is 27.6 Å². The van der Waals surface area contributed by atoms with Crippen molar-refractivity contribution in [1.29, 1.82) is 0 Å². The maximum Gasteiger partial charge on any atom is 0.315 e. The van der Waals surface area contributed by atoms with Gasteiger partial charge in [0.25, 0.3) is 10.0 Å². The van der Waals surface area contributed by atoms with Crippen molar-refractivity contribution in [2.45, 2.75) is 44.8 Å². The van der Waals surface area contributed by atoms with Crippen LogP contribution in [0, 0.1) is 10.1 Å². The first-order valence-electron chi connectivity index (χ1n) is 9.38. The summed E-state index contributed by atoms with van der Waals surface area (Å²) in [6.07, 6.45) is 0.794. The van der Waals surface area contributed by atoms with E-state index in [1.807, 2.05) is 13.8 Å². The van der Waals surface area contributed by atoms with Crippen LogP contribution >= 0.6 is 0 Å². The summed E-state index contributed by atoms with van der Waals surface area (Å²) in [5.41, 5.74) is -0.0684. The molecule has 0 amide bonds. The maximum atomic E-state index is 12.4. The fraction of sp³-hybridized carbons (Fsp3) is 0.350. The molecule has 0 aliphatic carbocycles. The van der Waals surface area contributed by atoms with Gasteiger partial charge >= 0.3 is 5.69 Å². The molecule has 0 bridgehead atoms. The fourth-order valence-electron chi connectivity index (χ4n) is 2.52. The molecular formula is C20H25N3O7S. The predicted molar refractivity (Wildman–Crippen MR) is 116 cm³/mol. The Morgan fingerprint density at radius 1 is 1.06 bits per heavy atom. The van der Waals surface area contributed by atoms with E-state index in [0.717, 1.165) is 6.21 Å². The highest BCUT2D eigenvalue weighted by atomic mass is 32.2. The van der Waals surface area contributed by atoms with Crippen LogP contribution < -0.4 is 19.0 Å². The Bertz CT molecular complexity index is 1050. The average molecular weight is 452 g/mol. The third-order valence-corrected chi connectivity index (χ3v) is 4.96. The number of hydrogen-bond donors (Lipinski definition) is 1. The Labute approximate surface area is 181 Å². The van der Waals surface area contributed by atoms with Crippen LogP contribution in [0.5, 0.6) is 17.2 Å². The molecule has 0 atom stereocenters. The topological polar surface area (TPSA) is 129 Å². The van der Waals surface area contributed by atoms with Gasteiger partial charge in [0.15, 0.2) is 5.75 Å². The van der Waals surface area contributed by atoms with Crippen LogP contribution in [0.2, 0.25) is 0 Å². The molecule has 2 aromatic rings. The Kier molecular flexibility index (Phi) is 7.81. The van der Waals surface area contributed by atoms with Gasteiger partial charge in [-0.2, -0.15) is 13.5 Å². The molecule has 0 aliphatic rings. The second-order valence-corrected chi connectivity index (χ2v) is 8.65. The van der Waals surface area contributed by atoms with Gasteiger partial charge in [-0.3, -0.25) is 10.1 Å². The van der Waals surface area contributed by atoms with Gasteiger partial charge < -0.3 is 14.2 Å². The van der Waals surface area contributed by atoms with Crippen LogP contribution in [0.25, 0.3) is 0 Å². The van der Waals surface area contributed by atoms with Crippen LogP contribution in [0.3, 0.4) is 0 Å². The molecule has 11 heteroatoms. The van der Waals surface area contributed by atoms with E-state index in [2.05, 4.69) is 9.93 Å². The second-order valence-electron chi connectivity index (χ2n) is 6.99. The summed E-state index contributed by atoms with van der Waals surface area (Å²) in [6, 6.07) is 8.54. The molecule has 0 spiro atoms. The summed E-state index contributed by atoms with van der Waals surface area (Å²) in [5.74, 6) is 0.664. The number of nitro benzene ring substituents is 1. The van der Waals surface area contributed by atoms with Gasteiger partial charge in [0.2, 0.25) is 5.75 Å². The van der Waals surface area contributed by atoms with E-state index in [-0.39, 0.29) is 39.9 Å². The molecule has 0 aliphatic heterocycles. The van der Waals surface area contributed by atoms with Crippen molar-refractivity contribution in [2.75, 3.05) is 7.11 Å². The zero-order valence-corrected chi connectivity index (χ0v) is 18.7. The smallest absolute Gasteiger partial charge is 0.315 e. The van der Waals surface area contributed by atoms with Crippen molar-refractivity contribution in [3.63, 3.8) is 0 Å². The number of nitro groups is 1. The fourth-order valence-corrected chi connectivity index (χ4v) is 3.31. The van der Waals surface area contributed by atoms with E-state index in [9.17, 15) is 18.5 Å². The van der Waals surface area contributed by atoms with Crippen molar-refractivity contribution in [3.8, 4) is 17.2 Å². The molecule has 0 saturated carbocycles. The molecule has 1 N–H and O–H groups in total. The number of nitrogens with one attached hydrogen (secondary N) is 1. The Morgan fingerprint density at radius 2 is 1.68 bits per heavy atom. The lowest BCUT2D eigenvalue weighted by Crippen LogP contribution is -2.18. The van der Waals surface area contributed by atoms with Crippen LogP contribution in [-0.4, -0.2) is 38.9 Å². The first-order valence-corrected chi connectivity index (χ1v) is 10.9. The van der Waals surface area contributed by atoms with E-state index in [1.54, 1.807) is 26.0 Å². The predicted octanol–water partition coefficient (Wildman–Crippen LogP) is 3.49.